The van der Waals surface area contributed by atoms with E-state index in [0.29, 0.717) is 6.54 Å². The van der Waals surface area contributed by atoms with Crippen LogP contribution in [0.2, 0.25) is 0 Å². The molecule has 0 aliphatic carbocycles. The molecule has 3 nitrogen and oxygen atoms in total. The molecule has 0 saturated heterocycles. The van der Waals surface area contributed by atoms with E-state index in [1.165, 1.54) is 6.07 Å². The van der Waals surface area contributed by atoms with E-state index < -0.39 is 0 Å². The van der Waals surface area contributed by atoms with Gasteiger partial charge in [-0.15, -0.1) is 0 Å². The van der Waals surface area contributed by atoms with E-state index in [1.807, 2.05) is 18.2 Å². The normalized spacial score (nSPS) is 11.1. The molecule has 0 amide bonds. The molecule has 108 valence electrons. The van der Waals surface area contributed by atoms with Crippen molar-refractivity contribution in [3.8, 4) is 11.4 Å². The number of rotatable bonds is 5. The molecule has 3 rings (SSSR count). The van der Waals surface area contributed by atoms with Crippen LogP contribution in [0.3, 0.4) is 0 Å². The van der Waals surface area contributed by atoms with Gasteiger partial charge in [-0.25, -0.2) is 4.39 Å². The van der Waals surface area contributed by atoms with Gasteiger partial charge in [0.2, 0.25) is 0 Å². The Hall–Kier alpha value is -2.20. The Balaban J connectivity index is 2.11. The first-order valence-corrected chi connectivity index (χ1v) is 7.21. The molecule has 1 aromatic carbocycles. The monoisotopic (exact) mass is 283 g/mol. The van der Waals surface area contributed by atoms with Crippen LogP contribution < -0.4 is 5.73 Å². The summed E-state index contributed by atoms with van der Waals surface area (Å²) in [4.78, 5) is 7.78. The zero-order chi connectivity index (χ0) is 14.7. The minimum absolute atomic E-state index is 0.214. The number of nitrogens with zero attached hydrogens (tertiary/aromatic N) is 1. The van der Waals surface area contributed by atoms with Gasteiger partial charge < -0.3 is 10.7 Å². The summed E-state index contributed by atoms with van der Waals surface area (Å²) in [7, 11) is 0. The maximum absolute atomic E-state index is 13.6. The first-order valence-electron chi connectivity index (χ1n) is 7.21. The van der Waals surface area contributed by atoms with E-state index in [0.717, 1.165) is 47.1 Å². The molecular weight excluding hydrogens is 265 g/mol. The summed E-state index contributed by atoms with van der Waals surface area (Å²) >= 11 is 0. The second-order valence-corrected chi connectivity index (χ2v) is 5.13. The number of hydrogen-bond donors (Lipinski definition) is 2. The van der Waals surface area contributed by atoms with Crippen molar-refractivity contribution in [1.82, 2.24) is 9.97 Å². The third kappa shape index (κ3) is 2.81. The summed E-state index contributed by atoms with van der Waals surface area (Å²) in [6.45, 7) is 0.676. The Labute approximate surface area is 123 Å². The van der Waals surface area contributed by atoms with Crippen molar-refractivity contribution in [2.24, 2.45) is 5.73 Å². The number of aromatic amines is 1. The van der Waals surface area contributed by atoms with Gasteiger partial charge in [-0.3, -0.25) is 4.98 Å². The van der Waals surface area contributed by atoms with Crippen LogP contribution in [-0.4, -0.2) is 16.5 Å². The van der Waals surface area contributed by atoms with Crippen molar-refractivity contribution >= 4 is 10.9 Å². The zero-order valence-corrected chi connectivity index (χ0v) is 11.8. The number of fused-ring (bicyclic) bond motifs is 1. The Morgan fingerprint density at radius 1 is 1.14 bits per heavy atom. The van der Waals surface area contributed by atoms with E-state index >= 15 is 0 Å². The molecule has 0 aliphatic heterocycles. The number of pyridine rings is 1. The minimum atomic E-state index is -0.214. The molecule has 0 atom stereocenters. The van der Waals surface area contributed by atoms with Crippen LogP contribution in [0.1, 0.15) is 18.4 Å². The Bertz CT molecular complexity index is 734. The number of nitrogens with one attached hydrogen (secondary N) is 1. The summed E-state index contributed by atoms with van der Waals surface area (Å²) in [5, 5.41) is 0.938. The number of aryl methyl sites for hydroxylation is 1. The lowest BCUT2D eigenvalue weighted by atomic mass is 10.0. The molecule has 4 heteroatoms. The third-order valence-corrected chi connectivity index (χ3v) is 3.67. The molecule has 0 spiro atoms. The lowest BCUT2D eigenvalue weighted by Crippen LogP contribution is -1.99. The molecule has 0 aliphatic rings. The summed E-state index contributed by atoms with van der Waals surface area (Å²) < 4.78 is 13.6. The maximum atomic E-state index is 13.6. The van der Waals surface area contributed by atoms with Crippen LogP contribution >= 0.6 is 0 Å². The topological polar surface area (TPSA) is 54.7 Å². The number of halogens is 1. The highest BCUT2D eigenvalue weighted by molar-refractivity contribution is 5.90. The van der Waals surface area contributed by atoms with Crippen LogP contribution in [-0.2, 0) is 6.42 Å². The van der Waals surface area contributed by atoms with Gasteiger partial charge in [0.15, 0.2) is 0 Å². The Kier molecular flexibility index (Phi) is 3.97. The third-order valence-electron chi connectivity index (χ3n) is 3.67. The first kappa shape index (κ1) is 13.8. The summed E-state index contributed by atoms with van der Waals surface area (Å²) in [6, 6.07) is 10.7. The number of H-pyrrole nitrogens is 1. The van der Waals surface area contributed by atoms with Crippen LogP contribution in [0.5, 0.6) is 0 Å². The van der Waals surface area contributed by atoms with Crippen LogP contribution in [0.25, 0.3) is 22.3 Å². The second kappa shape index (κ2) is 6.06. The van der Waals surface area contributed by atoms with Crippen LogP contribution in [0.15, 0.2) is 42.6 Å². The molecule has 3 aromatic rings. The zero-order valence-electron chi connectivity index (χ0n) is 11.8. The molecule has 21 heavy (non-hydrogen) atoms. The lowest BCUT2D eigenvalue weighted by Gasteiger charge is -2.04. The highest BCUT2D eigenvalue weighted by Gasteiger charge is 2.14. The standard InChI is InChI=1S/C17H18FN3/c18-12-7-8-15-14(11-12)13(5-1-3-9-19)17(21-15)16-6-2-4-10-20-16/h2,4,6-8,10-11,21H,1,3,5,9,19H2. The maximum Gasteiger partial charge on any atom is 0.123 e. The molecule has 2 heterocycles. The quantitative estimate of drug-likeness (QED) is 0.702. The van der Waals surface area contributed by atoms with Gasteiger partial charge in [0.05, 0.1) is 11.4 Å². The fourth-order valence-corrected chi connectivity index (χ4v) is 2.65. The molecule has 3 N–H and O–H groups in total. The van der Waals surface area contributed by atoms with Crippen molar-refractivity contribution in [1.29, 1.82) is 0 Å². The van der Waals surface area contributed by atoms with E-state index in [2.05, 4.69) is 9.97 Å². The van der Waals surface area contributed by atoms with E-state index in [-0.39, 0.29) is 5.82 Å². The van der Waals surface area contributed by atoms with E-state index in [9.17, 15) is 4.39 Å². The van der Waals surface area contributed by atoms with Gasteiger partial charge in [-0.1, -0.05) is 6.07 Å². The average molecular weight is 283 g/mol. The number of nitrogens with two attached hydrogens (primary N) is 1. The largest absolute Gasteiger partial charge is 0.353 e. The lowest BCUT2D eigenvalue weighted by molar-refractivity contribution is 0.629. The van der Waals surface area contributed by atoms with Crippen LogP contribution in [0.4, 0.5) is 4.39 Å². The molecule has 0 unspecified atom stereocenters. The molecule has 0 bridgehead atoms. The highest BCUT2D eigenvalue weighted by atomic mass is 19.1. The van der Waals surface area contributed by atoms with Crippen molar-refractivity contribution in [3.63, 3.8) is 0 Å². The predicted molar refractivity (Wildman–Crippen MR) is 83.5 cm³/mol. The van der Waals surface area contributed by atoms with E-state index in [4.69, 9.17) is 5.73 Å². The van der Waals surface area contributed by atoms with Crippen molar-refractivity contribution in [2.75, 3.05) is 6.54 Å². The van der Waals surface area contributed by atoms with Gasteiger partial charge in [0.1, 0.15) is 5.82 Å². The molecule has 2 aromatic heterocycles. The van der Waals surface area contributed by atoms with Gasteiger partial charge in [0, 0.05) is 17.1 Å². The van der Waals surface area contributed by atoms with Gasteiger partial charge in [-0.05, 0) is 61.7 Å². The second-order valence-electron chi connectivity index (χ2n) is 5.13. The fourth-order valence-electron chi connectivity index (χ4n) is 2.65. The first-order chi connectivity index (χ1) is 10.3. The smallest absolute Gasteiger partial charge is 0.123 e. The molecular formula is C17H18FN3. The van der Waals surface area contributed by atoms with Gasteiger partial charge >= 0.3 is 0 Å². The Morgan fingerprint density at radius 2 is 2.05 bits per heavy atom. The van der Waals surface area contributed by atoms with Crippen LogP contribution in [0, 0.1) is 5.82 Å². The summed E-state index contributed by atoms with van der Waals surface area (Å²) in [6.07, 6.45) is 4.58. The SMILES string of the molecule is NCCCCc1c(-c2ccccn2)[nH]c2ccc(F)cc12. The van der Waals surface area contributed by atoms with E-state index in [1.54, 1.807) is 18.3 Å². The van der Waals surface area contributed by atoms with Gasteiger partial charge in [-0.2, -0.15) is 0 Å². The predicted octanol–water partition coefficient (Wildman–Crippen LogP) is 3.65. The number of hydrogen-bond acceptors (Lipinski definition) is 2. The van der Waals surface area contributed by atoms with Crippen molar-refractivity contribution in [2.45, 2.75) is 19.3 Å². The van der Waals surface area contributed by atoms with Crippen molar-refractivity contribution < 1.29 is 4.39 Å². The fraction of sp³-hybridized carbons (Fsp3) is 0.235. The van der Waals surface area contributed by atoms with Gasteiger partial charge in [0.25, 0.3) is 0 Å². The number of benzene rings is 1. The minimum Gasteiger partial charge on any atom is -0.353 e. The highest BCUT2D eigenvalue weighted by Crippen LogP contribution is 2.31. The average Bonchev–Trinajstić information content (AvgIpc) is 2.87. The number of aromatic nitrogens is 2. The Morgan fingerprint density at radius 3 is 2.81 bits per heavy atom. The molecule has 0 saturated carbocycles. The summed E-state index contributed by atoms with van der Waals surface area (Å²) in [5.74, 6) is -0.214. The molecule has 0 radical (unpaired) electrons. The van der Waals surface area contributed by atoms with Crippen molar-refractivity contribution in [3.05, 3.63) is 54.0 Å². The number of unbranched alkanes of at least 4 members (excludes halogenated alkanes) is 1. The summed E-state index contributed by atoms with van der Waals surface area (Å²) in [5.41, 5.74) is 9.51. The molecule has 0 fully saturated rings.